The van der Waals surface area contributed by atoms with Crippen molar-refractivity contribution in [2.75, 3.05) is 5.32 Å². The predicted molar refractivity (Wildman–Crippen MR) is 84.1 cm³/mol. The standard InChI is InChI=1S/C15H9Cl2N3O2/c16-11-2-1-3-12(17)13(11)14(21)20-15(22)19-10-6-4-9(8-18)5-7-10/h1-7H,(H2,19,20,21,22). The molecule has 2 aromatic rings. The molecule has 0 aromatic heterocycles. The summed E-state index contributed by atoms with van der Waals surface area (Å²) in [6, 6.07) is 12.0. The van der Waals surface area contributed by atoms with Crippen LogP contribution in [0.25, 0.3) is 0 Å². The second-order valence-electron chi connectivity index (χ2n) is 4.19. The van der Waals surface area contributed by atoms with Crippen LogP contribution in [-0.2, 0) is 0 Å². The van der Waals surface area contributed by atoms with E-state index in [9.17, 15) is 9.59 Å². The summed E-state index contributed by atoms with van der Waals surface area (Å²) in [7, 11) is 0. The number of carbonyl (C=O) groups is 2. The van der Waals surface area contributed by atoms with Gasteiger partial charge >= 0.3 is 6.03 Å². The van der Waals surface area contributed by atoms with Crippen LogP contribution in [0.3, 0.4) is 0 Å². The number of nitrogens with one attached hydrogen (secondary N) is 2. The number of urea groups is 1. The fraction of sp³-hybridized carbons (Fsp3) is 0. The van der Waals surface area contributed by atoms with E-state index >= 15 is 0 Å². The van der Waals surface area contributed by atoms with Gasteiger partial charge in [0.05, 0.1) is 27.2 Å². The molecule has 0 heterocycles. The van der Waals surface area contributed by atoms with Crippen LogP contribution in [0.15, 0.2) is 42.5 Å². The van der Waals surface area contributed by atoms with Gasteiger partial charge in [0.2, 0.25) is 0 Å². The lowest BCUT2D eigenvalue weighted by molar-refractivity contribution is 0.0967. The van der Waals surface area contributed by atoms with Crippen molar-refractivity contribution in [3.8, 4) is 6.07 Å². The molecule has 0 saturated carbocycles. The van der Waals surface area contributed by atoms with E-state index in [1.165, 1.54) is 12.1 Å². The van der Waals surface area contributed by atoms with Crippen molar-refractivity contribution < 1.29 is 9.59 Å². The maximum atomic E-state index is 12.0. The molecular weight excluding hydrogens is 325 g/mol. The third-order valence-corrected chi connectivity index (χ3v) is 3.32. The number of halogens is 2. The Kier molecular flexibility index (Phi) is 4.99. The Bertz CT molecular complexity index is 747. The summed E-state index contributed by atoms with van der Waals surface area (Å²) in [6.07, 6.45) is 0. The monoisotopic (exact) mass is 333 g/mol. The molecule has 0 atom stereocenters. The molecule has 0 aliphatic rings. The Labute approximate surface area is 136 Å². The summed E-state index contributed by atoms with van der Waals surface area (Å²) in [5, 5.41) is 13.6. The summed E-state index contributed by atoms with van der Waals surface area (Å²) < 4.78 is 0. The van der Waals surface area contributed by atoms with E-state index in [-0.39, 0.29) is 15.6 Å². The van der Waals surface area contributed by atoms with Crippen LogP contribution in [0.4, 0.5) is 10.5 Å². The molecule has 0 bridgehead atoms. The second-order valence-corrected chi connectivity index (χ2v) is 5.01. The van der Waals surface area contributed by atoms with E-state index < -0.39 is 11.9 Å². The van der Waals surface area contributed by atoms with E-state index in [0.29, 0.717) is 11.3 Å². The number of hydrogen-bond acceptors (Lipinski definition) is 3. The molecule has 0 saturated heterocycles. The number of rotatable bonds is 2. The minimum Gasteiger partial charge on any atom is -0.308 e. The highest BCUT2D eigenvalue weighted by atomic mass is 35.5. The van der Waals surface area contributed by atoms with Crippen LogP contribution in [0.2, 0.25) is 10.0 Å². The average Bonchev–Trinajstić information content (AvgIpc) is 2.47. The number of anilines is 1. The summed E-state index contributed by atoms with van der Waals surface area (Å²) in [6.45, 7) is 0. The van der Waals surface area contributed by atoms with E-state index in [0.717, 1.165) is 0 Å². The molecular formula is C15H9Cl2N3O2. The highest BCUT2D eigenvalue weighted by molar-refractivity contribution is 6.40. The van der Waals surface area contributed by atoms with Crippen LogP contribution in [0.5, 0.6) is 0 Å². The van der Waals surface area contributed by atoms with Gasteiger partial charge in [0.1, 0.15) is 0 Å². The lowest BCUT2D eigenvalue weighted by atomic mass is 10.2. The molecule has 0 aliphatic heterocycles. The molecule has 2 aromatic carbocycles. The van der Waals surface area contributed by atoms with E-state index in [4.69, 9.17) is 28.5 Å². The van der Waals surface area contributed by atoms with Crippen molar-refractivity contribution in [3.05, 3.63) is 63.6 Å². The molecule has 0 aliphatic carbocycles. The maximum absolute atomic E-state index is 12.0. The van der Waals surface area contributed by atoms with Gasteiger partial charge in [-0.3, -0.25) is 10.1 Å². The average molecular weight is 334 g/mol. The van der Waals surface area contributed by atoms with Crippen molar-refractivity contribution in [2.45, 2.75) is 0 Å². The van der Waals surface area contributed by atoms with Crippen molar-refractivity contribution >= 4 is 40.8 Å². The lowest BCUT2D eigenvalue weighted by Crippen LogP contribution is -2.34. The molecule has 2 rings (SSSR count). The third-order valence-electron chi connectivity index (χ3n) is 2.69. The number of nitriles is 1. The van der Waals surface area contributed by atoms with E-state index in [1.54, 1.807) is 30.3 Å². The molecule has 0 unspecified atom stereocenters. The quantitative estimate of drug-likeness (QED) is 0.876. The van der Waals surface area contributed by atoms with Gasteiger partial charge in [-0.15, -0.1) is 0 Å². The fourth-order valence-corrected chi connectivity index (χ4v) is 2.24. The minimum absolute atomic E-state index is 0.0285. The maximum Gasteiger partial charge on any atom is 0.326 e. The van der Waals surface area contributed by atoms with Crippen molar-refractivity contribution in [1.82, 2.24) is 5.32 Å². The van der Waals surface area contributed by atoms with E-state index in [2.05, 4.69) is 10.6 Å². The Morgan fingerprint density at radius 2 is 1.59 bits per heavy atom. The van der Waals surface area contributed by atoms with Gasteiger partial charge in [0.25, 0.3) is 5.91 Å². The van der Waals surface area contributed by atoms with Crippen LogP contribution in [0.1, 0.15) is 15.9 Å². The minimum atomic E-state index is -0.731. The SMILES string of the molecule is N#Cc1ccc(NC(=O)NC(=O)c2c(Cl)cccc2Cl)cc1. The number of nitrogens with zero attached hydrogens (tertiary/aromatic N) is 1. The highest BCUT2D eigenvalue weighted by Crippen LogP contribution is 2.23. The first-order valence-electron chi connectivity index (χ1n) is 6.08. The summed E-state index contributed by atoms with van der Waals surface area (Å²) in [5.41, 5.74) is 0.931. The van der Waals surface area contributed by atoms with Crippen molar-refractivity contribution in [1.29, 1.82) is 5.26 Å². The largest absolute Gasteiger partial charge is 0.326 e. The zero-order valence-electron chi connectivity index (χ0n) is 11.1. The molecule has 0 spiro atoms. The van der Waals surface area contributed by atoms with Gasteiger partial charge in [-0.1, -0.05) is 29.3 Å². The number of hydrogen-bond donors (Lipinski definition) is 2. The molecule has 7 heteroatoms. The van der Waals surface area contributed by atoms with Gasteiger partial charge in [0.15, 0.2) is 0 Å². The van der Waals surface area contributed by atoms with Gasteiger partial charge in [-0.2, -0.15) is 5.26 Å². The Morgan fingerprint density at radius 3 is 2.14 bits per heavy atom. The molecule has 3 amide bonds. The summed E-state index contributed by atoms with van der Waals surface area (Å²) in [5.74, 6) is -0.707. The van der Waals surface area contributed by atoms with Crippen LogP contribution < -0.4 is 10.6 Å². The second kappa shape index (κ2) is 6.94. The zero-order chi connectivity index (χ0) is 16.1. The smallest absolute Gasteiger partial charge is 0.308 e. The molecule has 5 nitrogen and oxygen atoms in total. The Hall–Kier alpha value is -2.55. The molecule has 0 radical (unpaired) electrons. The number of benzene rings is 2. The third kappa shape index (κ3) is 3.76. The number of amides is 3. The first-order chi connectivity index (χ1) is 10.5. The fourth-order valence-electron chi connectivity index (χ4n) is 1.67. The Balaban J connectivity index is 2.05. The lowest BCUT2D eigenvalue weighted by Gasteiger charge is -2.09. The summed E-state index contributed by atoms with van der Waals surface area (Å²) in [4.78, 5) is 23.8. The topological polar surface area (TPSA) is 82.0 Å². The molecule has 110 valence electrons. The zero-order valence-corrected chi connectivity index (χ0v) is 12.6. The molecule has 22 heavy (non-hydrogen) atoms. The normalized spacial score (nSPS) is 9.68. The van der Waals surface area contributed by atoms with Gasteiger partial charge in [-0.25, -0.2) is 4.79 Å². The predicted octanol–water partition coefficient (Wildman–Crippen LogP) is 3.83. The van der Waals surface area contributed by atoms with Gasteiger partial charge in [0, 0.05) is 5.69 Å². The first-order valence-corrected chi connectivity index (χ1v) is 6.83. The van der Waals surface area contributed by atoms with Crippen LogP contribution in [-0.4, -0.2) is 11.9 Å². The molecule has 2 N–H and O–H groups in total. The number of carbonyl (C=O) groups excluding carboxylic acids is 2. The first kappa shape index (κ1) is 15.8. The summed E-state index contributed by atoms with van der Waals surface area (Å²) >= 11 is 11.8. The van der Waals surface area contributed by atoms with E-state index in [1.807, 2.05) is 6.07 Å². The van der Waals surface area contributed by atoms with Crippen molar-refractivity contribution in [3.63, 3.8) is 0 Å². The highest BCUT2D eigenvalue weighted by Gasteiger charge is 2.16. The molecule has 0 fully saturated rings. The van der Waals surface area contributed by atoms with Crippen molar-refractivity contribution in [2.24, 2.45) is 0 Å². The van der Waals surface area contributed by atoms with Crippen LogP contribution >= 0.6 is 23.2 Å². The van der Waals surface area contributed by atoms with Gasteiger partial charge in [-0.05, 0) is 36.4 Å². The van der Waals surface area contributed by atoms with Crippen LogP contribution in [0, 0.1) is 11.3 Å². The Morgan fingerprint density at radius 1 is 1.00 bits per heavy atom. The number of imide groups is 1. The van der Waals surface area contributed by atoms with Gasteiger partial charge < -0.3 is 5.32 Å².